The van der Waals surface area contributed by atoms with E-state index in [0.29, 0.717) is 17.6 Å². The SMILES string of the molecule is Cc1cc(=O)n(C(=O)CN2C[C@H]3CNC[C@H]3C2)o1. The first kappa shape index (κ1) is 11.7. The summed E-state index contributed by atoms with van der Waals surface area (Å²) in [6, 6.07) is 1.33. The molecule has 1 N–H and O–H groups in total. The molecule has 3 heterocycles. The topological polar surface area (TPSA) is 67.5 Å². The van der Waals surface area contributed by atoms with Crippen molar-refractivity contribution in [3.63, 3.8) is 0 Å². The number of hydrogen-bond donors (Lipinski definition) is 1. The normalized spacial score (nSPS) is 27.6. The van der Waals surface area contributed by atoms with Crippen LogP contribution >= 0.6 is 0 Å². The lowest BCUT2D eigenvalue weighted by Crippen LogP contribution is -2.35. The average Bonchev–Trinajstić information content (AvgIpc) is 2.92. The minimum atomic E-state index is -0.376. The molecular weight excluding hydrogens is 234 g/mol. The van der Waals surface area contributed by atoms with Crippen LogP contribution in [0.1, 0.15) is 10.6 Å². The zero-order valence-electron chi connectivity index (χ0n) is 10.4. The first-order chi connectivity index (χ1) is 8.63. The minimum absolute atomic E-state index is 0.264. The van der Waals surface area contributed by atoms with Crippen LogP contribution in [0.25, 0.3) is 0 Å². The molecule has 2 aliphatic heterocycles. The van der Waals surface area contributed by atoms with Crippen molar-refractivity contribution < 1.29 is 9.32 Å². The van der Waals surface area contributed by atoms with Crippen LogP contribution in [0.15, 0.2) is 15.4 Å². The van der Waals surface area contributed by atoms with Gasteiger partial charge in [-0.3, -0.25) is 14.5 Å². The molecule has 98 valence electrons. The fourth-order valence-corrected chi connectivity index (χ4v) is 2.96. The van der Waals surface area contributed by atoms with E-state index in [4.69, 9.17) is 4.52 Å². The number of likely N-dealkylation sites (tertiary alicyclic amines) is 1. The fourth-order valence-electron chi connectivity index (χ4n) is 2.96. The number of nitrogens with zero attached hydrogens (tertiary/aromatic N) is 2. The maximum absolute atomic E-state index is 12.0. The van der Waals surface area contributed by atoms with E-state index in [1.807, 2.05) is 0 Å². The van der Waals surface area contributed by atoms with Crippen LogP contribution in [0.2, 0.25) is 0 Å². The second-order valence-electron chi connectivity index (χ2n) is 5.25. The predicted molar refractivity (Wildman–Crippen MR) is 64.6 cm³/mol. The largest absolute Gasteiger partial charge is 0.373 e. The molecule has 0 amide bonds. The molecule has 2 aliphatic rings. The lowest BCUT2D eigenvalue weighted by molar-refractivity contribution is 0.0725. The Morgan fingerprint density at radius 2 is 2.11 bits per heavy atom. The van der Waals surface area contributed by atoms with Gasteiger partial charge in [0, 0.05) is 19.2 Å². The summed E-state index contributed by atoms with van der Waals surface area (Å²) in [7, 11) is 0. The summed E-state index contributed by atoms with van der Waals surface area (Å²) in [4.78, 5) is 25.6. The van der Waals surface area contributed by atoms with Crippen LogP contribution in [0, 0.1) is 18.8 Å². The van der Waals surface area contributed by atoms with Crippen molar-refractivity contribution in [1.82, 2.24) is 15.0 Å². The molecule has 0 saturated carbocycles. The van der Waals surface area contributed by atoms with Crippen LogP contribution < -0.4 is 10.9 Å². The van der Waals surface area contributed by atoms with Crippen molar-refractivity contribution >= 4 is 5.91 Å². The van der Waals surface area contributed by atoms with Gasteiger partial charge < -0.3 is 9.84 Å². The summed E-state index contributed by atoms with van der Waals surface area (Å²) >= 11 is 0. The highest BCUT2D eigenvalue weighted by Crippen LogP contribution is 2.25. The zero-order chi connectivity index (χ0) is 12.7. The van der Waals surface area contributed by atoms with Crippen molar-refractivity contribution in [2.45, 2.75) is 6.92 Å². The Morgan fingerprint density at radius 1 is 1.44 bits per heavy atom. The molecule has 0 radical (unpaired) electrons. The Labute approximate surface area is 105 Å². The van der Waals surface area contributed by atoms with Crippen molar-refractivity contribution in [2.24, 2.45) is 11.8 Å². The highest BCUT2D eigenvalue weighted by Gasteiger charge is 2.36. The molecule has 6 heteroatoms. The Morgan fingerprint density at radius 3 is 2.67 bits per heavy atom. The summed E-state index contributed by atoms with van der Waals surface area (Å²) in [6.07, 6.45) is 0. The van der Waals surface area contributed by atoms with Gasteiger partial charge in [0.1, 0.15) is 5.76 Å². The lowest BCUT2D eigenvalue weighted by Gasteiger charge is -2.14. The number of aryl methyl sites for hydroxylation is 1. The number of carbonyl (C=O) groups excluding carboxylic acids is 1. The number of nitrogens with one attached hydrogen (secondary N) is 1. The summed E-state index contributed by atoms with van der Waals surface area (Å²) in [5.41, 5.74) is -0.376. The lowest BCUT2D eigenvalue weighted by atomic mass is 10.0. The van der Waals surface area contributed by atoms with Gasteiger partial charge >= 0.3 is 0 Å². The smallest absolute Gasteiger partial charge is 0.290 e. The van der Waals surface area contributed by atoms with E-state index in [1.165, 1.54) is 6.07 Å². The Kier molecular flexibility index (Phi) is 2.83. The first-order valence-corrected chi connectivity index (χ1v) is 6.30. The molecule has 2 fully saturated rings. The minimum Gasteiger partial charge on any atom is -0.373 e. The molecule has 0 aliphatic carbocycles. The van der Waals surface area contributed by atoms with Crippen LogP contribution in [0.3, 0.4) is 0 Å². The van der Waals surface area contributed by atoms with Gasteiger partial charge in [0.2, 0.25) is 0 Å². The van der Waals surface area contributed by atoms with Crippen molar-refractivity contribution in [3.8, 4) is 0 Å². The Bertz CT molecular complexity index is 507. The van der Waals surface area contributed by atoms with Gasteiger partial charge in [-0.25, -0.2) is 0 Å². The second kappa shape index (κ2) is 4.37. The van der Waals surface area contributed by atoms with Gasteiger partial charge in [0.05, 0.1) is 6.54 Å². The summed E-state index contributed by atoms with van der Waals surface area (Å²) in [5, 5.41) is 3.36. The molecule has 1 aromatic rings. The molecule has 6 nitrogen and oxygen atoms in total. The highest BCUT2D eigenvalue weighted by molar-refractivity contribution is 5.79. The van der Waals surface area contributed by atoms with Crippen LogP contribution in [0.4, 0.5) is 0 Å². The molecule has 0 unspecified atom stereocenters. The Balaban J connectivity index is 1.65. The molecule has 2 saturated heterocycles. The number of carbonyl (C=O) groups is 1. The standard InChI is InChI=1S/C12H17N3O3/c1-8-2-11(16)15(18-8)12(17)7-14-5-9-3-13-4-10(9)6-14/h2,9-10,13H,3-7H2,1H3/t9-,10+. The average molecular weight is 251 g/mol. The number of hydrogen-bond acceptors (Lipinski definition) is 5. The van der Waals surface area contributed by atoms with Gasteiger partial charge in [0.15, 0.2) is 0 Å². The van der Waals surface area contributed by atoms with E-state index in [1.54, 1.807) is 6.92 Å². The predicted octanol–water partition coefficient (Wildman–Crippen LogP) is -0.459. The van der Waals surface area contributed by atoms with Crippen molar-refractivity contribution in [1.29, 1.82) is 0 Å². The monoisotopic (exact) mass is 251 g/mol. The van der Waals surface area contributed by atoms with E-state index in [9.17, 15) is 9.59 Å². The zero-order valence-corrected chi connectivity index (χ0v) is 10.4. The quantitative estimate of drug-likeness (QED) is 0.770. The van der Waals surface area contributed by atoms with Crippen molar-refractivity contribution in [2.75, 3.05) is 32.7 Å². The number of aromatic nitrogens is 1. The van der Waals surface area contributed by atoms with E-state index in [0.717, 1.165) is 30.9 Å². The van der Waals surface area contributed by atoms with Crippen LogP contribution in [-0.4, -0.2) is 48.3 Å². The van der Waals surface area contributed by atoms with Gasteiger partial charge in [-0.2, -0.15) is 0 Å². The highest BCUT2D eigenvalue weighted by atomic mass is 16.5. The number of rotatable bonds is 2. The molecule has 2 atom stereocenters. The first-order valence-electron chi connectivity index (χ1n) is 6.30. The fraction of sp³-hybridized carbons (Fsp3) is 0.667. The number of fused-ring (bicyclic) bond motifs is 1. The van der Waals surface area contributed by atoms with Gasteiger partial charge in [-0.1, -0.05) is 0 Å². The maximum Gasteiger partial charge on any atom is 0.290 e. The molecule has 0 bridgehead atoms. The molecule has 3 rings (SSSR count). The molecule has 0 spiro atoms. The second-order valence-corrected chi connectivity index (χ2v) is 5.25. The molecule has 0 aromatic carbocycles. The third kappa shape index (κ3) is 2.02. The maximum atomic E-state index is 12.0. The van der Waals surface area contributed by atoms with Crippen LogP contribution in [-0.2, 0) is 0 Å². The van der Waals surface area contributed by atoms with Crippen molar-refractivity contribution in [3.05, 3.63) is 22.2 Å². The Hall–Kier alpha value is -1.40. The third-order valence-corrected chi connectivity index (χ3v) is 3.81. The van der Waals surface area contributed by atoms with E-state index in [2.05, 4.69) is 10.2 Å². The molecule has 1 aromatic heterocycles. The van der Waals surface area contributed by atoms with Gasteiger partial charge in [-0.15, -0.1) is 4.74 Å². The summed E-state index contributed by atoms with van der Waals surface area (Å²) in [5.74, 6) is 1.48. The van der Waals surface area contributed by atoms with E-state index in [-0.39, 0.29) is 18.0 Å². The van der Waals surface area contributed by atoms with Crippen LogP contribution in [0.5, 0.6) is 0 Å². The third-order valence-electron chi connectivity index (χ3n) is 3.81. The van der Waals surface area contributed by atoms with E-state index >= 15 is 0 Å². The molecular formula is C12H17N3O3. The van der Waals surface area contributed by atoms with Gasteiger partial charge in [0.25, 0.3) is 11.5 Å². The van der Waals surface area contributed by atoms with E-state index < -0.39 is 0 Å². The summed E-state index contributed by atoms with van der Waals surface area (Å²) in [6.45, 7) is 5.86. The summed E-state index contributed by atoms with van der Waals surface area (Å²) < 4.78 is 5.96. The molecule has 18 heavy (non-hydrogen) atoms. The van der Waals surface area contributed by atoms with Gasteiger partial charge in [-0.05, 0) is 31.8 Å².